The predicted molar refractivity (Wildman–Crippen MR) is 346 cm³/mol. The summed E-state index contributed by atoms with van der Waals surface area (Å²) in [6, 6.07) is 5.75. The standard InChI is InChI=1S/C24H32N2O8S6.C12H16BrNO4S2.C12H17NO4S3.C3H4N2OS/c1-7-25(23(27)33-5)17-9-13(3)39(29,30)21-15(17)11-19(35-21)37-38-20-12-16-18(26(8-2)24(28)34-6)10-14(4)40(31,32)22(16)36-20;1-4-14(12(15)18-3)9-5-7(2)20(16,17)11-8(9)6-10(13)19-11;1-4-13(12(14)17-3)9-5-7(2)20(15,16)11-8(9)6-10(18)19-11;1-2-4-5-3(7)6-2/h11-14,17-18H,7-10H2,1-6H3;6-7,9H,4-5H2,1-3H3;6-7,9,18H,4-5H2,1-3H3;1H3,(H,5,7)/t13-,14-,17-,18?;2*7-,9-;/m000./s1. The van der Waals surface area contributed by atoms with Gasteiger partial charge in [0, 0.05) is 55.4 Å². The lowest BCUT2D eigenvalue weighted by Gasteiger charge is -2.34. The van der Waals surface area contributed by atoms with E-state index in [1.54, 1.807) is 66.4 Å². The predicted octanol–water partition coefficient (Wildman–Crippen LogP) is 13.0. The number of rotatable bonds is 11. The minimum absolute atomic E-state index is 0.250. The van der Waals surface area contributed by atoms with Crippen LogP contribution >= 0.6 is 108 Å². The number of nitrogens with zero attached hydrogens (tertiary/aromatic N) is 5. The number of nitrogens with one attached hydrogen (secondary N) is 1. The van der Waals surface area contributed by atoms with Gasteiger partial charge < -0.3 is 43.0 Å². The first-order valence-electron chi connectivity index (χ1n) is 26.8. The van der Waals surface area contributed by atoms with Crippen LogP contribution in [-0.2, 0) is 58.3 Å². The molecule has 4 aliphatic rings. The Morgan fingerprint density at radius 2 is 0.851 bits per heavy atom. The fourth-order valence-electron chi connectivity index (χ4n) is 10.3. The number of hydrogen-bond acceptors (Lipinski definition) is 26. The number of halogens is 1. The van der Waals surface area contributed by atoms with E-state index in [2.05, 4.69) is 51.0 Å². The van der Waals surface area contributed by atoms with Crippen molar-refractivity contribution in [3.05, 3.63) is 61.0 Å². The van der Waals surface area contributed by atoms with Crippen LogP contribution in [0.4, 0.5) is 19.2 Å². The number of ether oxygens (including phenoxy) is 4. The molecule has 0 bridgehead atoms. The fraction of sp³-hybridized carbons (Fsp3) is 0.569. The number of fused-ring (bicyclic) bond motifs is 4. The number of hydrogen-bond donors (Lipinski definition) is 2. The van der Waals surface area contributed by atoms with Crippen LogP contribution in [0, 0.1) is 11.8 Å². The zero-order valence-electron chi connectivity index (χ0n) is 49.6. The first kappa shape index (κ1) is 72.6. The van der Waals surface area contributed by atoms with Crippen molar-refractivity contribution in [2.24, 2.45) is 0 Å². The Balaban J connectivity index is 0.000000214. The Kier molecular flexibility index (Phi) is 25.0. The van der Waals surface area contributed by atoms with Crippen molar-refractivity contribution in [3.63, 3.8) is 0 Å². The number of aromatic amines is 1. The van der Waals surface area contributed by atoms with Crippen molar-refractivity contribution in [2.45, 2.75) is 163 Å². The Bertz CT molecular complexity index is 3620. The third-order valence-corrected chi connectivity index (χ3v) is 34.5. The van der Waals surface area contributed by atoms with Gasteiger partial charge in [-0.25, -0.2) is 57.9 Å². The van der Waals surface area contributed by atoms with Gasteiger partial charge in [-0.05, 0) is 155 Å². The largest absolute Gasteiger partial charge is 0.453 e. The Labute approximate surface area is 550 Å². The van der Waals surface area contributed by atoms with Crippen LogP contribution < -0.4 is 0 Å². The van der Waals surface area contributed by atoms with E-state index < -0.39 is 96.8 Å². The number of carbonyl (C=O) groups excluding carboxylic acids is 4. The number of sulfone groups is 4. The van der Waals surface area contributed by atoms with Gasteiger partial charge in [0.1, 0.15) is 16.8 Å². The summed E-state index contributed by atoms with van der Waals surface area (Å²) < 4.78 is 130. The molecule has 0 fully saturated rings. The molecule has 36 heteroatoms. The molecule has 0 aromatic carbocycles. The molecule has 87 heavy (non-hydrogen) atoms. The summed E-state index contributed by atoms with van der Waals surface area (Å²) in [5, 5.41) is 3.74. The summed E-state index contributed by atoms with van der Waals surface area (Å²) in [6.45, 7) is 17.4. The highest BCUT2D eigenvalue weighted by Gasteiger charge is 2.46. The van der Waals surface area contributed by atoms with Crippen molar-refractivity contribution in [2.75, 3.05) is 54.6 Å². The van der Waals surface area contributed by atoms with Crippen molar-refractivity contribution in [1.29, 1.82) is 0 Å². The van der Waals surface area contributed by atoms with E-state index in [1.165, 1.54) is 61.4 Å². The van der Waals surface area contributed by atoms with E-state index in [0.29, 0.717) is 84.6 Å². The van der Waals surface area contributed by atoms with Crippen LogP contribution in [0.5, 0.6) is 0 Å². The third kappa shape index (κ3) is 15.4. The molecule has 5 aromatic heterocycles. The number of aryl methyl sites for hydroxylation is 1. The SMILES string of the molecule is CCN(C(=O)OC)C1C[C@H](C)S(=O)(=O)c2sc(SSc3cc4c(s3)S(=O)(=O)[C@@H](C)C[C@@H]4N(CC)C(=O)OC)cc21.CCN(C(=O)OC)[C@H]1C[C@H](C)S(=O)(=O)c2sc(Br)cc21.CCN(C(=O)OC)[C@H]1C[C@H](C)S(=O)(=O)c2sc(S)cc21.Cc1n[nH]c(=S)o1. The van der Waals surface area contributed by atoms with Crippen LogP contribution in [0.3, 0.4) is 0 Å². The van der Waals surface area contributed by atoms with Crippen LogP contribution in [0.1, 0.15) is 133 Å². The lowest BCUT2D eigenvalue weighted by molar-refractivity contribution is 0.103. The van der Waals surface area contributed by atoms with Gasteiger partial charge in [-0.1, -0.05) is 0 Å². The molecule has 4 amide bonds. The van der Waals surface area contributed by atoms with E-state index in [-0.39, 0.29) is 33.3 Å². The maximum Gasteiger partial charge on any atom is 0.409 e. The molecular weight excluding hydrogens is 1430 g/mol. The molecule has 1 unspecified atom stereocenters. The molecule has 0 saturated heterocycles. The van der Waals surface area contributed by atoms with Crippen LogP contribution in [0.25, 0.3) is 0 Å². The molecular formula is C51H69BrN6O17S12. The second-order valence-electron chi connectivity index (χ2n) is 20.0. The summed E-state index contributed by atoms with van der Waals surface area (Å²) >= 11 is 16.8. The first-order chi connectivity index (χ1) is 40.7. The number of aromatic nitrogens is 2. The van der Waals surface area contributed by atoms with Gasteiger partial charge >= 0.3 is 24.4 Å². The number of carbonyl (C=O) groups is 4. The van der Waals surface area contributed by atoms with Gasteiger partial charge in [0.2, 0.25) is 5.89 Å². The Hall–Kier alpha value is -3.43. The van der Waals surface area contributed by atoms with Crippen LogP contribution in [0.15, 0.2) is 61.9 Å². The average molecular weight is 1500 g/mol. The summed E-state index contributed by atoms with van der Waals surface area (Å²) in [6.07, 6.45) is -0.586. The summed E-state index contributed by atoms with van der Waals surface area (Å²) in [7, 11) is -5.77. The quantitative estimate of drug-likeness (QED) is 0.0537. The van der Waals surface area contributed by atoms with Gasteiger partial charge in [0.05, 0.1) is 90.0 Å². The molecule has 484 valence electrons. The first-order valence-corrected chi connectivity index (χ1v) is 40.1. The zero-order valence-corrected chi connectivity index (χ0v) is 61.0. The highest BCUT2D eigenvalue weighted by atomic mass is 79.9. The van der Waals surface area contributed by atoms with E-state index >= 15 is 0 Å². The van der Waals surface area contributed by atoms with E-state index in [1.807, 2.05) is 39.8 Å². The molecule has 1 N–H and O–H groups in total. The lowest BCUT2D eigenvalue weighted by atomic mass is 10.0. The summed E-state index contributed by atoms with van der Waals surface area (Å²) in [5.41, 5.74) is 2.51. The highest BCUT2D eigenvalue weighted by molar-refractivity contribution is 9.11. The molecule has 0 aliphatic carbocycles. The minimum atomic E-state index is -3.55. The fourth-order valence-corrected chi connectivity index (χ4v) is 28.7. The second-order valence-corrected chi connectivity index (χ2v) is 39.7. The number of thiol groups is 1. The molecule has 9 heterocycles. The maximum absolute atomic E-state index is 13.2. The van der Waals surface area contributed by atoms with Crippen molar-refractivity contribution < 1.29 is 76.2 Å². The third-order valence-electron chi connectivity index (χ3n) is 14.9. The zero-order chi connectivity index (χ0) is 65.0. The van der Waals surface area contributed by atoms with Crippen molar-refractivity contribution in [1.82, 2.24) is 29.8 Å². The molecule has 0 saturated carbocycles. The summed E-state index contributed by atoms with van der Waals surface area (Å²) in [4.78, 5) is 55.2. The van der Waals surface area contributed by atoms with E-state index in [0.717, 1.165) is 46.2 Å². The average Bonchev–Trinajstić information content (AvgIpc) is 1.81. The number of H-pyrrole nitrogens is 1. The van der Waals surface area contributed by atoms with Gasteiger partial charge in [0.25, 0.3) is 4.84 Å². The molecule has 8 atom stereocenters. The molecule has 0 spiro atoms. The number of amides is 4. The van der Waals surface area contributed by atoms with Crippen LogP contribution in [-0.4, -0.2) is 163 Å². The molecule has 23 nitrogen and oxygen atoms in total. The smallest absolute Gasteiger partial charge is 0.409 e. The monoisotopic (exact) mass is 1500 g/mol. The van der Waals surface area contributed by atoms with Crippen molar-refractivity contribution >= 4 is 171 Å². The molecule has 0 radical (unpaired) electrons. The Morgan fingerprint density at radius 1 is 0.563 bits per heavy atom. The second kappa shape index (κ2) is 29.9. The maximum atomic E-state index is 13.2. The molecule has 5 aromatic rings. The van der Waals surface area contributed by atoms with Gasteiger partial charge in [-0.3, -0.25) is 0 Å². The Morgan fingerprint density at radius 3 is 1.11 bits per heavy atom. The number of thiophene rings is 4. The van der Waals surface area contributed by atoms with Crippen molar-refractivity contribution in [3.8, 4) is 0 Å². The summed E-state index contributed by atoms with van der Waals surface area (Å²) in [5.74, 6) is 0.574. The number of methoxy groups -OCH3 is 4. The topological polar surface area (TPSA) is 297 Å². The minimum Gasteiger partial charge on any atom is -0.453 e. The van der Waals surface area contributed by atoms with Gasteiger partial charge in [-0.15, -0.1) is 63.1 Å². The van der Waals surface area contributed by atoms with E-state index in [4.69, 9.17) is 23.4 Å². The highest BCUT2D eigenvalue weighted by Crippen LogP contribution is 2.54. The molecule has 4 aliphatic heterocycles. The van der Waals surface area contributed by atoms with Crippen LogP contribution in [0.2, 0.25) is 0 Å². The van der Waals surface area contributed by atoms with Gasteiger partial charge in [-0.2, -0.15) is 0 Å². The lowest BCUT2D eigenvalue weighted by Crippen LogP contribution is -2.40. The van der Waals surface area contributed by atoms with Gasteiger partial charge in [0.15, 0.2) is 39.3 Å². The normalized spacial score (nSPS) is 23.0. The van der Waals surface area contributed by atoms with E-state index in [9.17, 15) is 52.8 Å². The molecule has 9 rings (SSSR count).